The maximum atomic E-state index is 14.6. The Morgan fingerprint density at radius 1 is 0.844 bits per heavy atom. The van der Waals surface area contributed by atoms with E-state index >= 15 is 0 Å². The maximum Gasteiger partial charge on any atom is 0.278 e. The molecule has 1 aromatic heterocycles. The van der Waals surface area contributed by atoms with Crippen LogP contribution in [0.4, 0.5) is 0 Å². The average molecular weight is 590 g/mol. The minimum Gasteiger partial charge on any atom is -0.482 e. The van der Waals surface area contributed by atoms with E-state index < -0.39 is 5.54 Å². The lowest BCUT2D eigenvalue weighted by atomic mass is 9.83. The van der Waals surface area contributed by atoms with Gasteiger partial charge in [-0.15, -0.1) is 0 Å². The van der Waals surface area contributed by atoms with Gasteiger partial charge in [0.1, 0.15) is 26.7 Å². The van der Waals surface area contributed by atoms with Crippen molar-refractivity contribution < 1.29 is 9.53 Å². The molecule has 4 aromatic carbocycles. The molecule has 1 amide bonds. The highest BCUT2D eigenvalue weighted by molar-refractivity contribution is 6.34. The van der Waals surface area contributed by atoms with Crippen molar-refractivity contribution in [3.8, 4) is 5.75 Å². The van der Waals surface area contributed by atoms with E-state index in [2.05, 4.69) is 86.5 Å². The summed E-state index contributed by atoms with van der Waals surface area (Å²) in [6, 6.07) is 34.6. The molecule has 7 heteroatoms. The molecule has 0 bridgehead atoms. The van der Waals surface area contributed by atoms with Crippen LogP contribution in [-0.4, -0.2) is 30.0 Å². The van der Waals surface area contributed by atoms with Gasteiger partial charge < -0.3 is 9.64 Å². The van der Waals surface area contributed by atoms with E-state index in [0.29, 0.717) is 13.2 Å². The summed E-state index contributed by atoms with van der Waals surface area (Å²) >= 11 is 0. The van der Waals surface area contributed by atoms with Crippen LogP contribution in [0.15, 0.2) is 120 Å². The Bertz CT molecular complexity index is 2090. The van der Waals surface area contributed by atoms with Crippen molar-refractivity contribution in [3.63, 3.8) is 0 Å². The van der Waals surface area contributed by atoms with Crippen molar-refractivity contribution >= 4 is 25.3 Å². The van der Waals surface area contributed by atoms with Gasteiger partial charge in [0, 0.05) is 18.8 Å². The number of pyridine rings is 1. The lowest BCUT2D eigenvalue weighted by Crippen LogP contribution is -2.62. The fraction of sp³-hybridized carbons (Fsp3) is 0.158. The quantitative estimate of drug-likeness (QED) is 0.275. The molecule has 0 saturated carbocycles. The standard InChI is InChI=1S/C38H32BN3O3/c1-25-10-9-15-29(34(25)39)22-40-24-42(38-30(20-27-13-5-7-16-31(27)38)21-28-14-6-8-17-32(28)38)41-19-18-33(43)36(35(41)37(40)44)45-23-26-11-3-2-4-12-26/h2-20H,21-24,39H2,1H3. The molecule has 0 fully saturated rings. The number of aryl methyl sites for hydroxylation is 1. The van der Waals surface area contributed by atoms with E-state index in [1.807, 2.05) is 46.0 Å². The molecular formula is C38H32BN3O3. The summed E-state index contributed by atoms with van der Waals surface area (Å²) in [6.07, 6.45) is 4.85. The Labute approximate surface area is 263 Å². The third-order valence-electron chi connectivity index (χ3n) is 9.71. The summed E-state index contributed by atoms with van der Waals surface area (Å²) in [4.78, 5) is 30.0. The van der Waals surface area contributed by atoms with E-state index in [1.54, 1.807) is 6.20 Å². The number of benzene rings is 4. The lowest BCUT2D eigenvalue weighted by molar-refractivity contribution is 0.0649. The number of hydrogen-bond donors (Lipinski definition) is 0. The van der Waals surface area contributed by atoms with Gasteiger partial charge in [0.15, 0.2) is 11.4 Å². The molecule has 0 N–H and O–H groups in total. The Morgan fingerprint density at radius 3 is 2.44 bits per heavy atom. The van der Waals surface area contributed by atoms with Crippen LogP contribution in [0.5, 0.6) is 5.75 Å². The number of carbonyl (C=O) groups is 1. The lowest BCUT2D eigenvalue weighted by Gasteiger charge is -2.49. The Hall–Kier alpha value is -5.30. The predicted octanol–water partition coefficient (Wildman–Crippen LogP) is 4.44. The number of rotatable bonds is 6. The fourth-order valence-electron chi connectivity index (χ4n) is 7.39. The smallest absolute Gasteiger partial charge is 0.278 e. The van der Waals surface area contributed by atoms with Crippen LogP contribution < -0.4 is 20.6 Å². The zero-order chi connectivity index (χ0) is 30.7. The topological polar surface area (TPSA) is 54.8 Å². The monoisotopic (exact) mass is 589 g/mol. The van der Waals surface area contributed by atoms with Gasteiger partial charge in [-0.2, -0.15) is 0 Å². The summed E-state index contributed by atoms with van der Waals surface area (Å²) < 4.78 is 8.16. The molecule has 1 aliphatic heterocycles. The molecule has 5 aromatic rings. The molecule has 2 aliphatic carbocycles. The number of ether oxygens (including phenoxy) is 1. The van der Waals surface area contributed by atoms with Crippen LogP contribution in [0, 0.1) is 6.92 Å². The molecule has 2 heterocycles. The second-order valence-corrected chi connectivity index (χ2v) is 12.2. The third kappa shape index (κ3) is 4.11. The first-order valence-electron chi connectivity index (χ1n) is 15.4. The average Bonchev–Trinajstić information content (AvgIpc) is 3.56. The van der Waals surface area contributed by atoms with E-state index in [1.165, 1.54) is 39.5 Å². The molecule has 6 nitrogen and oxygen atoms in total. The molecule has 0 radical (unpaired) electrons. The minimum absolute atomic E-state index is 0.0708. The summed E-state index contributed by atoms with van der Waals surface area (Å²) in [5, 5.41) is 2.27. The van der Waals surface area contributed by atoms with Crippen molar-refractivity contribution in [1.82, 2.24) is 9.58 Å². The van der Waals surface area contributed by atoms with Crippen LogP contribution in [0.1, 0.15) is 49.4 Å². The van der Waals surface area contributed by atoms with Crippen LogP contribution >= 0.6 is 0 Å². The Morgan fingerprint density at radius 2 is 1.60 bits per heavy atom. The van der Waals surface area contributed by atoms with Gasteiger partial charge in [-0.05, 0) is 52.3 Å². The van der Waals surface area contributed by atoms with Gasteiger partial charge >= 0.3 is 0 Å². The summed E-state index contributed by atoms with van der Waals surface area (Å²) in [5.74, 6) is -0.158. The zero-order valence-electron chi connectivity index (χ0n) is 25.4. The van der Waals surface area contributed by atoms with E-state index in [4.69, 9.17) is 4.74 Å². The number of nitrogens with zero attached hydrogens (tertiary/aromatic N) is 3. The van der Waals surface area contributed by atoms with E-state index in [9.17, 15) is 9.59 Å². The van der Waals surface area contributed by atoms with Crippen LogP contribution in [0.25, 0.3) is 6.08 Å². The SMILES string of the molecule is Bc1c(C)cccc1CN1CN(C23C(=Cc4ccccc42)Cc2ccccc23)n2ccc(=O)c(OCc3ccccc3)c2C1=O. The van der Waals surface area contributed by atoms with Gasteiger partial charge in [-0.25, -0.2) is 0 Å². The fourth-order valence-corrected chi connectivity index (χ4v) is 7.39. The van der Waals surface area contributed by atoms with E-state index in [-0.39, 0.29) is 29.4 Å². The summed E-state index contributed by atoms with van der Waals surface area (Å²) in [6.45, 7) is 3.00. The van der Waals surface area contributed by atoms with Crippen molar-refractivity contribution in [3.05, 3.63) is 170 Å². The van der Waals surface area contributed by atoms with Crippen LogP contribution in [-0.2, 0) is 25.1 Å². The summed E-state index contributed by atoms with van der Waals surface area (Å²) in [7, 11) is 2.10. The third-order valence-corrected chi connectivity index (χ3v) is 9.71. The van der Waals surface area contributed by atoms with Gasteiger partial charge in [0.2, 0.25) is 5.43 Å². The normalized spacial score (nSPS) is 17.8. The molecule has 0 saturated heterocycles. The van der Waals surface area contributed by atoms with Crippen molar-refractivity contribution in [2.75, 3.05) is 11.7 Å². The number of amides is 1. The second kappa shape index (κ2) is 10.4. The van der Waals surface area contributed by atoms with Crippen LogP contribution in [0.3, 0.4) is 0 Å². The van der Waals surface area contributed by atoms with Crippen molar-refractivity contribution in [2.24, 2.45) is 0 Å². The van der Waals surface area contributed by atoms with Gasteiger partial charge in [0.05, 0.1) is 0 Å². The Balaban J connectivity index is 1.35. The first-order chi connectivity index (χ1) is 22.0. The number of aromatic nitrogens is 1. The number of carbonyl (C=O) groups excluding carboxylic acids is 1. The molecule has 220 valence electrons. The predicted molar refractivity (Wildman–Crippen MR) is 179 cm³/mol. The van der Waals surface area contributed by atoms with Gasteiger partial charge in [-0.1, -0.05) is 114 Å². The number of fused-ring (bicyclic) bond motifs is 6. The van der Waals surface area contributed by atoms with Crippen molar-refractivity contribution in [2.45, 2.75) is 32.0 Å². The van der Waals surface area contributed by atoms with E-state index in [0.717, 1.165) is 23.0 Å². The first kappa shape index (κ1) is 27.3. The number of hydrogen-bond acceptors (Lipinski definition) is 4. The first-order valence-corrected chi connectivity index (χ1v) is 15.4. The van der Waals surface area contributed by atoms with Crippen LogP contribution in [0.2, 0.25) is 0 Å². The molecule has 45 heavy (non-hydrogen) atoms. The highest BCUT2D eigenvalue weighted by atomic mass is 16.5. The molecule has 8 rings (SSSR count). The molecular weight excluding hydrogens is 557 g/mol. The van der Waals surface area contributed by atoms with Crippen molar-refractivity contribution in [1.29, 1.82) is 0 Å². The minimum atomic E-state index is -0.658. The summed E-state index contributed by atoms with van der Waals surface area (Å²) in [5.41, 5.74) is 9.65. The molecule has 0 spiro atoms. The van der Waals surface area contributed by atoms with Gasteiger partial charge in [-0.3, -0.25) is 19.3 Å². The second-order valence-electron chi connectivity index (χ2n) is 12.2. The largest absolute Gasteiger partial charge is 0.482 e. The molecule has 1 atom stereocenters. The van der Waals surface area contributed by atoms with Gasteiger partial charge in [0.25, 0.3) is 5.91 Å². The maximum absolute atomic E-state index is 14.6. The highest BCUT2D eigenvalue weighted by Crippen LogP contribution is 2.55. The molecule has 3 aliphatic rings. The Kier molecular flexibility index (Phi) is 6.31. The molecule has 1 unspecified atom stereocenters. The zero-order valence-corrected chi connectivity index (χ0v) is 25.4. The highest BCUT2D eigenvalue weighted by Gasteiger charge is 2.55.